The first kappa shape index (κ1) is 23.6. The first-order valence-electron chi connectivity index (χ1n) is 10.5. The topological polar surface area (TPSA) is 103 Å². The number of anilines is 1. The molecule has 0 radical (unpaired) electrons. The number of pyridine rings is 1. The predicted molar refractivity (Wildman–Crippen MR) is 134 cm³/mol. The van der Waals surface area contributed by atoms with Gasteiger partial charge < -0.3 is 9.26 Å². The molecule has 0 aliphatic heterocycles. The number of fused-ring (bicyclic) bond motifs is 1. The summed E-state index contributed by atoms with van der Waals surface area (Å²) < 4.78 is 54.2. The molecule has 11 heteroatoms. The maximum atomic E-state index is 14.7. The number of aromatic nitrogens is 2. The Bertz CT molecular complexity index is 1770. The molecule has 0 atom stereocenters. The molecule has 36 heavy (non-hydrogen) atoms. The normalized spacial score (nSPS) is 11.5. The number of methoxy groups -OCH3 is 1. The lowest BCUT2D eigenvalue weighted by Crippen LogP contribution is -2.19. The minimum atomic E-state index is -3.97. The van der Waals surface area contributed by atoms with Crippen molar-refractivity contribution < 1.29 is 22.1 Å². The van der Waals surface area contributed by atoms with Crippen LogP contribution >= 0.6 is 11.6 Å². The van der Waals surface area contributed by atoms with Crippen molar-refractivity contribution in [1.82, 2.24) is 9.72 Å². The number of halogens is 2. The zero-order valence-electron chi connectivity index (χ0n) is 18.6. The Hall–Kier alpha value is -4.15. The summed E-state index contributed by atoms with van der Waals surface area (Å²) >= 11 is 5.96. The molecule has 8 nitrogen and oxygen atoms in total. The minimum Gasteiger partial charge on any atom is -0.495 e. The van der Waals surface area contributed by atoms with Crippen LogP contribution in [-0.4, -0.2) is 25.3 Å². The van der Waals surface area contributed by atoms with E-state index in [0.717, 1.165) is 0 Å². The highest BCUT2D eigenvalue weighted by atomic mass is 35.5. The number of rotatable bonds is 6. The van der Waals surface area contributed by atoms with Gasteiger partial charge in [0.1, 0.15) is 17.8 Å². The van der Waals surface area contributed by atoms with Crippen LogP contribution in [0.25, 0.3) is 27.7 Å². The van der Waals surface area contributed by atoms with Gasteiger partial charge in [-0.15, -0.1) is 0 Å². The van der Waals surface area contributed by atoms with Gasteiger partial charge in [0.05, 0.1) is 28.2 Å². The Morgan fingerprint density at radius 1 is 1.06 bits per heavy atom. The van der Waals surface area contributed by atoms with Gasteiger partial charge in [0.2, 0.25) is 0 Å². The molecular weight excluding hydrogens is 509 g/mol. The van der Waals surface area contributed by atoms with Crippen LogP contribution in [-0.2, 0) is 10.0 Å². The van der Waals surface area contributed by atoms with Crippen molar-refractivity contribution in [2.75, 3.05) is 11.8 Å². The van der Waals surface area contributed by atoms with Crippen LogP contribution in [0.1, 0.15) is 0 Å². The quantitative estimate of drug-likeness (QED) is 0.325. The standard InChI is InChI=1S/C25H17ClFN3O5S/c1-34-22-9-5-15(18-3-2-4-19(26)25(18)27)14-21(22)30-20-8-7-17(13-16(20)6-10-24(30)31)36(32,33)29-23-11-12-35-28-23/h2-14H,1H3,(H,28,29). The molecule has 1 N–H and O–H groups in total. The monoisotopic (exact) mass is 525 g/mol. The van der Waals surface area contributed by atoms with E-state index in [1.54, 1.807) is 30.3 Å². The fourth-order valence-corrected chi connectivity index (χ4v) is 5.06. The van der Waals surface area contributed by atoms with Crippen molar-refractivity contribution in [3.05, 3.63) is 100 Å². The summed E-state index contributed by atoms with van der Waals surface area (Å²) in [4.78, 5) is 13.0. The van der Waals surface area contributed by atoms with Crippen LogP contribution in [0.2, 0.25) is 5.02 Å². The van der Waals surface area contributed by atoms with Gasteiger partial charge in [-0.2, -0.15) is 0 Å². The van der Waals surface area contributed by atoms with E-state index in [-0.39, 0.29) is 26.9 Å². The number of benzene rings is 3. The van der Waals surface area contributed by atoms with E-state index < -0.39 is 15.8 Å². The summed E-state index contributed by atoms with van der Waals surface area (Å²) in [5.41, 5.74) is 1.12. The van der Waals surface area contributed by atoms with Crippen molar-refractivity contribution in [1.29, 1.82) is 0 Å². The summed E-state index contributed by atoms with van der Waals surface area (Å²) in [5, 5.41) is 4.00. The number of ether oxygens (including phenoxy) is 1. The summed E-state index contributed by atoms with van der Waals surface area (Å²) in [5.74, 6) is -0.190. The highest BCUT2D eigenvalue weighted by Crippen LogP contribution is 2.33. The van der Waals surface area contributed by atoms with Crippen molar-refractivity contribution >= 4 is 38.3 Å². The molecule has 2 heterocycles. The number of hydrogen-bond donors (Lipinski definition) is 1. The molecule has 0 bridgehead atoms. The maximum Gasteiger partial charge on any atom is 0.263 e. The lowest BCUT2D eigenvalue weighted by atomic mass is 10.0. The van der Waals surface area contributed by atoms with Gasteiger partial charge in [-0.3, -0.25) is 14.1 Å². The minimum absolute atomic E-state index is 0.0276. The molecule has 3 aromatic carbocycles. The third-order valence-corrected chi connectivity index (χ3v) is 7.18. The van der Waals surface area contributed by atoms with Gasteiger partial charge in [0.15, 0.2) is 5.82 Å². The smallest absolute Gasteiger partial charge is 0.263 e. The first-order chi connectivity index (χ1) is 17.3. The molecule has 0 amide bonds. The predicted octanol–water partition coefficient (Wildman–Crippen LogP) is 5.25. The number of hydrogen-bond acceptors (Lipinski definition) is 6. The van der Waals surface area contributed by atoms with Crippen molar-refractivity contribution in [2.45, 2.75) is 4.90 Å². The highest BCUT2D eigenvalue weighted by Gasteiger charge is 2.19. The first-order valence-corrected chi connectivity index (χ1v) is 12.4. The van der Waals surface area contributed by atoms with Crippen LogP contribution in [0.5, 0.6) is 5.75 Å². The van der Waals surface area contributed by atoms with Crippen molar-refractivity contribution in [2.24, 2.45) is 0 Å². The van der Waals surface area contributed by atoms with Crippen LogP contribution in [0.4, 0.5) is 10.2 Å². The maximum absolute atomic E-state index is 14.7. The molecule has 0 aliphatic rings. The van der Waals surface area contributed by atoms with E-state index in [2.05, 4.69) is 14.4 Å². The second-order valence-electron chi connectivity index (χ2n) is 7.71. The average Bonchev–Trinajstić information content (AvgIpc) is 3.37. The molecule has 5 aromatic rings. The number of nitrogens with one attached hydrogen (secondary N) is 1. The van der Waals surface area contributed by atoms with E-state index in [9.17, 15) is 17.6 Å². The van der Waals surface area contributed by atoms with Gasteiger partial charge >= 0.3 is 0 Å². The zero-order chi connectivity index (χ0) is 25.4. The van der Waals surface area contributed by atoms with E-state index in [4.69, 9.17) is 16.3 Å². The average molecular weight is 526 g/mol. The fourth-order valence-electron chi connectivity index (χ4n) is 3.86. The Morgan fingerprint density at radius 3 is 2.64 bits per heavy atom. The number of nitrogens with zero attached hydrogens (tertiary/aromatic N) is 2. The van der Waals surface area contributed by atoms with Crippen LogP contribution in [0.3, 0.4) is 0 Å². The van der Waals surface area contributed by atoms with E-state index in [0.29, 0.717) is 27.9 Å². The molecule has 0 saturated heterocycles. The molecule has 0 fully saturated rings. The van der Waals surface area contributed by atoms with Crippen LogP contribution in [0.15, 0.2) is 93.3 Å². The van der Waals surface area contributed by atoms with E-state index in [1.165, 1.54) is 60.4 Å². The van der Waals surface area contributed by atoms with Crippen LogP contribution < -0.4 is 15.0 Å². The molecule has 2 aromatic heterocycles. The Morgan fingerprint density at radius 2 is 1.89 bits per heavy atom. The van der Waals surface area contributed by atoms with E-state index >= 15 is 0 Å². The summed E-state index contributed by atoms with van der Waals surface area (Å²) in [6.45, 7) is 0. The third-order valence-electron chi connectivity index (χ3n) is 5.54. The zero-order valence-corrected chi connectivity index (χ0v) is 20.2. The summed E-state index contributed by atoms with van der Waals surface area (Å²) in [7, 11) is -2.51. The Labute approximate surface area is 209 Å². The molecular formula is C25H17ClFN3O5S. The van der Waals surface area contributed by atoms with Gasteiger partial charge in [0, 0.05) is 23.1 Å². The largest absolute Gasteiger partial charge is 0.495 e. The molecule has 0 unspecified atom stereocenters. The van der Waals surface area contributed by atoms with Crippen molar-refractivity contribution in [3.63, 3.8) is 0 Å². The Kier molecular flexibility index (Phi) is 5.99. The van der Waals surface area contributed by atoms with Crippen molar-refractivity contribution in [3.8, 4) is 22.6 Å². The third kappa shape index (κ3) is 4.21. The molecule has 0 spiro atoms. The molecule has 182 valence electrons. The molecule has 0 saturated carbocycles. The lowest BCUT2D eigenvalue weighted by molar-refractivity contribution is 0.413. The van der Waals surface area contributed by atoms with Gasteiger partial charge in [-0.25, -0.2) is 12.8 Å². The summed E-state index contributed by atoms with van der Waals surface area (Å²) in [6.07, 6.45) is 1.24. The summed E-state index contributed by atoms with van der Waals surface area (Å²) in [6, 6.07) is 18.1. The second kappa shape index (κ2) is 9.14. The van der Waals surface area contributed by atoms with Gasteiger partial charge in [-0.1, -0.05) is 35.0 Å². The number of sulfonamides is 1. The van der Waals surface area contributed by atoms with Crippen LogP contribution in [0, 0.1) is 5.82 Å². The second-order valence-corrected chi connectivity index (χ2v) is 9.80. The van der Waals surface area contributed by atoms with Gasteiger partial charge in [-0.05, 0) is 48.0 Å². The van der Waals surface area contributed by atoms with E-state index in [1.807, 2.05) is 0 Å². The highest BCUT2D eigenvalue weighted by molar-refractivity contribution is 7.92. The SMILES string of the molecule is COc1ccc(-c2cccc(Cl)c2F)cc1-n1c(=O)ccc2cc(S(=O)(=O)Nc3ccon3)ccc21. The Balaban J connectivity index is 1.67. The molecule has 0 aliphatic carbocycles. The fraction of sp³-hybridized carbons (Fsp3) is 0.0400. The van der Waals surface area contributed by atoms with Gasteiger partial charge in [0.25, 0.3) is 15.6 Å². The lowest BCUT2D eigenvalue weighted by Gasteiger charge is -2.16. The molecule has 5 rings (SSSR count).